The topological polar surface area (TPSA) is 20.3 Å². The Bertz CT molecular complexity index is 798. The summed E-state index contributed by atoms with van der Waals surface area (Å²) in [6, 6.07) is 13.3. The van der Waals surface area contributed by atoms with Gasteiger partial charge in [0.05, 0.1) is 5.75 Å². The van der Waals surface area contributed by atoms with Crippen LogP contribution in [0.15, 0.2) is 36.4 Å². The van der Waals surface area contributed by atoms with E-state index >= 15 is 0 Å². The van der Waals surface area contributed by atoms with Gasteiger partial charge in [-0.05, 0) is 43.0 Å². The van der Waals surface area contributed by atoms with Crippen molar-refractivity contribution in [3.63, 3.8) is 0 Å². The highest BCUT2D eigenvalue weighted by Gasteiger charge is 2.40. The molecule has 0 aromatic heterocycles. The van der Waals surface area contributed by atoms with E-state index in [4.69, 9.17) is 0 Å². The molecule has 4 rings (SSSR count). The number of amides is 1. The second-order valence-electron chi connectivity index (χ2n) is 6.58. The van der Waals surface area contributed by atoms with E-state index in [9.17, 15) is 4.79 Å². The maximum absolute atomic E-state index is 12.6. The van der Waals surface area contributed by atoms with Crippen molar-refractivity contribution in [2.45, 2.75) is 38.5 Å². The summed E-state index contributed by atoms with van der Waals surface area (Å²) in [7, 11) is 0. The molecular weight excluding hydrogens is 302 g/mol. The van der Waals surface area contributed by atoms with Crippen LogP contribution in [0.3, 0.4) is 0 Å². The first-order valence-electron chi connectivity index (χ1n) is 8.24. The molecule has 0 aliphatic carbocycles. The molecule has 2 aromatic rings. The molecule has 2 aliphatic heterocycles. The van der Waals surface area contributed by atoms with Crippen molar-refractivity contribution >= 4 is 23.4 Å². The van der Waals surface area contributed by atoms with Crippen LogP contribution in [-0.4, -0.2) is 11.7 Å². The van der Waals surface area contributed by atoms with E-state index in [0.717, 1.165) is 12.1 Å². The summed E-state index contributed by atoms with van der Waals surface area (Å²) in [5.74, 6) is 1.16. The highest BCUT2D eigenvalue weighted by atomic mass is 32.2. The quantitative estimate of drug-likeness (QED) is 0.741. The van der Waals surface area contributed by atoms with Crippen LogP contribution in [0.4, 0.5) is 5.69 Å². The number of fused-ring (bicyclic) bond motifs is 5. The molecule has 118 valence electrons. The Morgan fingerprint density at radius 2 is 1.74 bits per heavy atom. The van der Waals surface area contributed by atoms with Gasteiger partial charge in [0.25, 0.3) is 0 Å². The van der Waals surface area contributed by atoms with Gasteiger partial charge in [-0.25, -0.2) is 0 Å². The smallest absolute Gasteiger partial charge is 0.238 e. The fourth-order valence-corrected chi connectivity index (χ4v) is 5.12. The Morgan fingerprint density at radius 1 is 1.04 bits per heavy atom. The number of carbonyl (C=O) groups excluding carboxylic acids is 1. The average Bonchev–Trinajstić information content (AvgIpc) is 2.86. The normalized spacial score (nSPS) is 22.4. The van der Waals surface area contributed by atoms with Crippen molar-refractivity contribution in [2.75, 3.05) is 10.7 Å². The van der Waals surface area contributed by atoms with E-state index in [2.05, 4.69) is 57.2 Å². The number of thioether (sulfide) groups is 1. The van der Waals surface area contributed by atoms with Gasteiger partial charge in [0.1, 0.15) is 5.37 Å². The summed E-state index contributed by atoms with van der Waals surface area (Å²) in [6.07, 6.45) is 1.05. The predicted octanol–water partition coefficient (Wildman–Crippen LogP) is 4.94. The van der Waals surface area contributed by atoms with Crippen molar-refractivity contribution in [1.82, 2.24) is 0 Å². The molecule has 1 fully saturated rings. The minimum Gasteiger partial charge on any atom is -0.295 e. The third kappa shape index (κ3) is 2.21. The standard InChI is InChI=1S/C20H21NOS/c1-4-14-15-7-5-12(2)10-17(15)20-21(19(22)11-23-20)18-8-6-13(3)9-16(14)18/h5-10,14,20H,4,11H2,1-3H3. The highest BCUT2D eigenvalue weighted by Crippen LogP contribution is 2.51. The molecular formula is C20H21NOS. The van der Waals surface area contributed by atoms with Gasteiger partial charge in [0, 0.05) is 11.6 Å². The van der Waals surface area contributed by atoms with Crippen LogP contribution in [0.2, 0.25) is 0 Å². The van der Waals surface area contributed by atoms with Crippen molar-refractivity contribution in [3.05, 3.63) is 64.2 Å². The molecule has 0 spiro atoms. The van der Waals surface area contributed by atoms with Crippen LogP contribution in [0, 0.1) is 13.8 Å². The van der Waals surface area contributed by atoms with Gasteiger partial charge in [-0.1, -0.05) is 48.4 Å². The first kappa shape index (κ1) is 14.8. The minimum absolute atomic E-state index is 0.121. The van der Waals surface area contributed by atoms with Gasteiger partial charge >= 0.3 is 0 Å². The van der Waals surface area contributed by atoms with Crippen LogP contribution in [0.5, 0.6) is 0 Å². The number of carbonyl (C=O) groups is 1. The number of aryl methyl sites for hydroxylation is 2. The Labute approximate surface area is 141 Å². The average molecular weight is 323 g/mol. The lowest BCUT2D eigenvalue weighted by Gasteiger charge is -2.24. The van der Waals surface area contributed by atoms with Gasteiger partial charge in [0.15, 0.2) is 0 Å². The number of hydrogen-bond acceptors (Lipinski definition) is 2. The van der Waals surface area contributed by atoms with Crippen LogP contribution >= 0.6 is 11.8 Å². The second kappa shape index (κ2) is 5.41. The van der Waals surface area contributed by atoms with Gasteiger partial charge in [0.2, 0.25) is 5.91 Å². The van der Waals surface area contributed by atoms with E-state index in [1.807, 2.05) is 4.90 Å². The summed E-state index contributed by atoms with van der Waals surface area (Å²) >= 11 is 1.76. The van der Waals surface area contributed by atoms with Crippen LogP contribution in [0.1, 0.15) is 52.5 Å². The third-order valence-electron chi connectivity index (χ3n) is 4.98. The van der Waals surface area contributed by atoms with E-state index in [0.29, 0.717) is 11.7 Å². The van der Waals surface area contributed by atoms with Gasteiger partial charge in [-0.15, -0.1) is 11.8 Å². The van der Waals surface area contributed by atoms with Gasteiger partial charge in [-0.3, -0.25) is 9.69 Å². The fraction of sp³-hybridized carbons (Fsp3) is 0.350. The minimum atomic E-state index is 0.121. The number of hydrogen-bond donors (Lipinski definition) is 0. The van der Waals surface area contributed by atoms with Crippen molar-refractivity contribution < 1.29 is 4.79 Å². The lowest BCUT2D eigenvalue weighted by molar-refractivity contribution is -0.115. The Morgan fingerprint density at radius 3 is 2.48 bits per heavy atom. The van der Waals surface area contributed by atoms with Gasteiger partial charge < -0.3 is 0 Å². The first-order valence-corrected chi connectivity index (χ1v) is 9.29. The fourth-order valence-electron chi connectivity index (χ4n) is 3.92. The summed E-state index contributed by atoms with van der Waals surface area (Å²) in [5, 5.41) is 0.121. The number of nitrogens with zero attached hydrogens (tertiary/aromatic N) is 1. The first-order chi connectivity index (χ1) is 11.1. The Balaban J connectivity index is 2.04. The lowest BCUT2D eigenvalue weighted by Crippen LogP contribution is -2.27. The molecule has 0 N–H and O–H groups in total. The van der Waals surface area contributed by atoms with E-state index in [-0.39, 0.29) is 11.3 Å². The predicted molar refractivity (Wildman–Crippen MR) is 97.2 cm³/mol. The van der Waals surface area contributed by atoms with E-state index < -0.39 is 0 Å². The summed E-state index contributed by atoms with van der Waals surface area (Å²) in [4.78, 5) is 14.6. The second-order valence-corrected chi connectivity index (χ2v) is 7.65. The summed E-state index contributed by atoms with van der Waals surface area (Å²) in [6.45, 7) is 6.51. The molecule has 3 heteroatoms. The molecule has 2 aromatic carbocycles. The Hall–Kier alpha value is -1.74. The molecule has 0 radical (unpaired) electrons. The number of anilines is 1. The molecule has 2 aliphatic rings. The molecule has 2 heterocycles. The van der Waals surface area contributed by atoms with Crippen LogP contribution in [-0.2, 0) is 4.79 Å². The molecule has 0 bridgehead atoms. The largest absolute Gasteiger partial charge is 0.295 e. The maximum Gasteiger partial charge on any atom is 0.238 e. The van der Waals surface area contributed by atoms with Crippen molar-refractivity contribution in [1.29, 1.82) is 0 Å². The van der Waals surface area contributed by atoms with Gasteiger partial charge in [-0.2, -0.15) is 0 Å². The number of rotatable bonds is 1. The maximum atomic E-state index is 12.6. The SMILES string of the molecule is CCC1c2ccc(C)cc2C2SCC(=O)N2c2ccc(C)cc21. The molecule has 2 unspecified atom stereocenters. The highest BCUT2D eigenvalue weighted by molar-refractivity contribution is 8.00. The van der Waals surface area contributed by atoms with Crippen LogP contribution in [0.25, 0.3) is 0 Å². The lowest BCUT2D eigenvalue weighted by atomic mass is 9.85. The zero-order valence-electron chi connectivity index (χ0n) is 13.8. The number of benzene rings is 2. The van der Waals surface area contributed by atoms with Crippen molar-refractivity contribution in [2.24, 2.45) is 0 Å². The molecule has 1 saturated heterocycles. The molecule has 23 heavy (non-hydrogen) atoms. The van der Waals surface area contributed by atoms with E-state index in [1.54, 1.807) is 11.8 Å². The third-order valence-corrected chi connectivity index (χ3v) is 6.17. The molecule has 2 atom stereocenters. The van der Waals surface area contributed by atoms with E-state index in [1.165, 1.54) is 27.8 Å². The summed E-state index contributed by atoms with van der Waals surface area (Å²) in [5.41, 5.74) is 7.64. The van der Waals surface area contributed by atoms with Crippen molar-refractivity contribution in [3.8, 4) is 0 Å². The molecule has 2 nitrogen and oxygen atoms in total. The zero-order valence-corrected chi connectivity index (χ0v) is 14.6. The monoisotopic (exact) mass is 323 g/mol. The summed E-state index contributed by atoms with van der Waals surface area (Å²) < 4.78 is 0. The molecule has 0 saturated carbocycles. The Kier molecular flexibility index (Phi) is 3.49. The molecule has 1 amide bonds. The van der Waals surface area contributed by atoms with Crippen LogP contribution < -0.4 is 4.90 Å². The zero-order chi connectivity index (χ0) is 16.1.